The number of para-hydroxylation sites is 1. The van der Waals surface area contributed by atoms with Crippen molar-refractivity contribution in [1.29, 1.82) is 0 Å². The number of thioether (sulfide) groups is 1. The molecular weight excluding hydrogens is 449 g/mol. The average molecular weight is 470 g/mol. The van der Waals surface area contributed by atoms with Crippen LogP contribution in [0.3, 0.4) is 0 Å². The van der Waals surface area contributed by atoms with Crippen LogP contribution in [0.1, 0.15) is 32.8 Å². The standard InChI is InChI=1S/C23H20FN3O3S2/c1-14-25-26-23(32-14)31-13-18-17-4-2-3-5-19(17)30-21(18)22(28)27-10-11-29-20(12-27)15-6-8-16(24)9-7-15/h2-9,20H,10-13H2,1H3. The van der Waals surface area contributed by atoms with Gasteiger partial charge in [0.2, 0.25) is 0 Å². The molecule has 2 aromatic heterocycles. The minimum Gasteiger partial charge on any atom is -0.451 e. The number of nitrogens with zero attached hydrogens (tertiary/aromatic N) is 3. The Morgan fingerprint density at radius 3 is 2.81 bits per heavy atom. The Hall–Kier alpha value is -2.75. The van der Waals surface area contributed by atoms with Crippen LogP contribution in [0.5, 0.6) is 0 Å². The Labute approximate surface area is 192 Å². The van der Waals surface area contributed by atoms with Crippen molar-refractivity contribution < 1.29 is 18.3 Å². The van der Waals surface area contributed by atoms with Crippen LogP contribution in [0.25, 0.3) is 11.0 Å². The maximum absolute atomic E-state index is 13.5. The van der Waals surface area contributed by atoms with Gasteiger partial charge in [-0.15, -0.1) is 10.2 Å². The lowest BCUT2D eigenvalue weighted by atomic mass is 10.1. The molecule has 0 saturated carbocycles. The number of aryl methyl sites for hydroxylation is 1. The number of fused-ring (bicyclic) bond motifs is 1. The fourth-order valence-corrected chi connectivity index (χ4v) is 5.59. The number of hydrogen-bond donors (Lipinski definition) is 0. The highest BCUT2D eigenvalue weighted by Crippen LogP contribution is 2.34. The van der Waals surface area contributed by atoms with E-state index in [0.717, 1.165) is 25.9 Å². The molecule has 1 saturated heterocycles. The normalized spacial score (nSPS) is 16.6. The molecule has 0 N–H and O–H groups in total. The number of morpholine rings is 1. The molecule has 4 aromatic rings. The van der Waals surface area contributed by atoms with Gasteiger partial charge in [-0.05, 0) is 30.7 Å². The zero-order chi connectivity index (χ0) is 22.1. The van der Waals surface area contributed by atoms with Crippen LogP contribution in [0.2, 0.25) is 0 Å². The van der Waals surface area contributed by atoms with Crippen molar-refractivity contribution in [2.75, 3.05) is 19.7 Å². The molecule has 2 aromatic carbocycles. The summed E-state index contributed by atoms with van der Waals surface area (Å²) in [5, 5.41) is 10.1. The zero-order valence-corrected chi connectivity index (χ0v) is 18.9. The molecule has 0 aliphatic carbocycles. The lowest BCUT2D eigenvalue weighted by molar-refractivity contribution is -0.0237. The van der Waals surface area contributed by atoms with Gasteiger partial charge >= 0.3 is 0 Å². The van der Waals surface area contributed by atoms with Crippen molar-refractivity contribution >= 4 is 40.0 Å². The van der Waals surface area contributed by atoms with Gasteiger partial charge in [-0.3, -0.25) is 4.79 Å². The topological polar surface area (TPSA) is 68.5 Å². The van der Waals surface area contributed by atoms with Crippen LogP contribution in [-0.4, -0.2) is 40.7 Å². The van der Waals surface area contributed by atoms with Crippen molar-refractivity contribution in [1.82, 2.24) is 15.1 Å². The molecule has 0 radical (unpaired) electrons. The quantitative estimate of drug-likeness (QED) is 0.373. The summed E-state index contributed by atoms with van der Waals surface area (Å²) in [4.78, 5) is 15.3. The number of carbonyl (C=O) groups excluding carboxylic acids is 1. The highest BCUT2D eigenvalue weighted by Gasteiger charge is 2.30. The van der Waals surface area contributed by atoms with Crippen molar-refractivity contribution in [2.24, 2.45) is 0 Å². The Kier molecular flexibility index (Phi) is 5.95. The van der Waals surface area contributed by atoms with Crippen LogP contribution in [0.15, 0.2) is 57.3 Å². The summed E-state index contributed by atoms with van der Waals surface area (Å²) in [6, 6.07) is 13.9. The molecular formula is C23H20FN3O3S2. The Balaban J connectivity index is 1.41. The summed E-state index contributed by atoms with van der Waals surface area (Å²) < 4.78 is 26.0. The molecule has 1 fully saturated rings. The summed E-state index contributed by atoms with van der Waals surface area (Å²) in [7, 11) is 0. The Morgan fingerprint density at radius 1 is 1.22 bits per heavy atom. The highest BCUT2D eigenvalue weighted by atomic mass is 32.2. The second-order valence-electron chi connectivity index (χ2n) is 7.44. The Morgan fingerprint density at radius 2 is 2.03 bits per heavy atom. The zero-order valence-electron chi connectivity index (χ0n) is 17.3. The average Bonchev–Trinajstić information content (AvgIpc) is 3.40. The summed E-state index contributed by atoms with van der Waals surface area (Å²) in [6.07, 6.45) is -0.306. The van der Waals surface area contributed by atoms with Crippen molar-refractivity contribution in [3.8, 4) is 0 Å². The number of rotatable bonds is 5. The first-order valence-corrected chi connectivity index (χ1v) is 12.0. The smallest absolute Gasteiger partial charge is 0.290 e. The lowest BCUT2D eigenvalue weighted by Gasteiger charge is -2.32. The first-order chi connectivity index (χ1) is 15.6. The summed E-state index contributed by atoms with van der Waals surface area (Å²) in [5.41, 5.74) is 2.38. The minimum atomic E-state index is -0.306. The molecule has 32 heavy (non-hydrogen) atoms. The number of halogens is 1. The molecule has 1 aliphatic rings. The molecule has 3 heterocycles. The van der Waals surface area contributed by atoms with Crippen molar-refractivity contribution in [3.63, 3.8) is 0 Å². The SMILES string of the molecule is Cc1nnc(SCc2c(C(=O)N3CCOC(c4ccc(F)cc4)C3)oc3ccccc23)s1. The third kappa shape index (κ3) is 4.28. The molecule has 9 heteroatoms. The maximum Gasteiger partial charge on any atom is 0.290 e. The number of carbonyl (C=O) groups is 1. The summed E-state index contributed by atoms with van der Waals surface area (Å²) in [6.45, 7) is 3.17. The number of amides is 1. The third-order valence-corrected chi connectivity index (χ3v) is 7.33. The molecule has 1 amide bonds. The number of ether oxygens (including phenoxy) is 1. The first-order valence-electron chi connectivity index (χ1n) is 10.2. The minimum absolute atomic E-state index is 0.166. The number of hydrogen-bond acceptors (Lipinski definition) is 7. The Bertz CT molecular complexity index is 1260. The molecule has 1 atom stereocenters. The van der Waals surface area contributed by atoms with Gasteiger partial charge in [-0.25, -0.2) is 4.39 Å². The van der Waals surface area contributed by atoms with Crippen LogP contribution >= 0.6 is 23.1 Å². The fourth-order valence-electron chi connectivity index (χ4n) is 3.74. The number of benzene rings is 2. The van der Waals surface area contributed by atoms with Gasteiger partial charge in [0.25, 0.3) is 5.91 Å². The van der Waals surface area contributed by atoms with Gasteiger partial charge in [0, 0.05) is 23.2 Å². The van der Waals surface area contributed by atoms with Crippen LogP contribution < -0.4 is 0 Å². The van der Waals surface area contributed by atoms with E-state index in [0.29, 0.717) is 36.8 Å². The third-order valence-electron chi connectivity index (χ3n) is 5.34. The number of aromatic nitrogens is 2. The molecule has 5 rings (SSSR count). The van der Waals surface area contributed by atoms with E-state index in [4.69, 9.17) is 9.15 Å². The van der Waals surface area contributed by atoms with E-state index in [1.807, 2.05) is 31.2 Å². The molecule has 6 nitrogen and oxygen atoms in total. The molecule has 164 valence electrons. The van der Waals surface area contributed by atoms with Gasteiger partial charge in [0.1, 0.15) is 22.5 Å². The summed E-state index contributed by atoms with van der Waals surface area (Å²) in [5.74, 6) is 0.436. The summed E-state index contributed by atoms with van der Waals surface area (Å²) >= 11 is 3.07. The van der Waals surface area contributed by atoms with Gasteiger partial charge in [-0.2, -0.15) is 0 Å². The van der Waals surface area contributed by atoms with Gasteiger partial charge in [0.05, 0.1) is 13.2 Å². The number of furan rings is 1. The van der Waals surface area contributed by atoms with Crippen molar-refractivity contribution in [2.45, 2.75) is 23.1 Å². The maximum atomic E-state index is 13.5. The van der Waals surface area contributed by atoms with Crippen molar-refractivity contribution in [3.05, 3.63) is 76.2 Å². The fraction of sp³-hybridized carbons (Fsp3) is 0.261. The second kappa shape index (κ2) is 9.01. The highest BCUT2D eigenvalue weighted by molar-refractivity contribution is 8.00. The van der Waals surface area contributed by atoms with E-state index >= 15 is 0 Å². The van der Waals surface area contributed by atoms with E-state index in [1.54, 1.807) is 28.8 Å². The first kappa shape index (κ1) is 21.1. The van der Waals surface area contributed by atoms with Crippen LogP contribution in [0.4, 0.5) is 4.39 Å². The van der Waals surface area contributed by atoms with E-state index in [2.05, 4.69) is 10.2 Å². The van der Waals surface area contributed by atoms with Gasteiger partial charge in [0.15, 0.2) is 10.1 Å². The van der Waals surface area contributed by atoms with E-state index in [1.165, 1.54) is 23.5 Å². The second-order valence-corrected chi connectivity index (χ2v) is 9.85. The molecule has 1 aliphatic heterocycles. The van der Waals surface area contributed by atoms with E-state index < -0.39 is 0 Å². The lowest BCUT2D eigenvalue weighted by Crippen LogP contribution is -2.42. The largest absolute Gasteiger partial charge is 0.451 e. The van der Waals surface area contributed by atoms with Gasteiger partial charge < -0.3 is 14.1 Å². The van der Waals surface area contributed by atoms with Crippen LogP contribution in [0, 0.1) is 12.7 Å². The van der Waals surface area contributed by atoms with Crippen LogP contribution in [-0.2, 0) is 10.5 Å². The molecule has 0 bridgehead atoms. The van der Waals surface area contributed by atoms with E-state index in [-0.39, 0.29) is 17.8 Å². The molecule has 1 unspecified atom stereocenters. The monoisotopic (exact) mass is 469 g/mol. The van der Waals surface area contributed by atoms with Gasteiger partial charge in [-0.1, -0.05) is 53.4 Å². The molecule has 0 spiro atoms. The van der Waals surface area contributed by atoms with E-state index in [9.17, 15) is 9.18 Å². The predicted octanol–water partition coefficient (Wildman–Crippen LogP) is 5.24. The predicted molar refractivity (Wildman–Crippen MR) is 121 cm³/mol.